The Hall–Kier alpha value is -0.470. The van der Waals surface area contributed by atoms with E-state index in [1.807, 2.05) is 0 Å². The Morgan fingerprint density at radius 3 is 2.09 bits per heavy atom. The van der Waals surface area contributed by atoms with E-state index in [-0.39, 0.29) is 12.8 Å². The van der Waals surface area contributed by atoms with Crippen LogP contribution in [-0.4, -0.2) is 12.2 Å². The zero-order valence-corrected chi connectivity index (χ0v) is 7.16. The normalized spacial score (nSPS) is 13.2. The standard InChI is InChI=1S/C8H14F2O/c1-4-8(9,10)5-7(2,3)6-11/h6H,4-5H2,1-3H3. The zero-order valence-electron chi connectivity index (χ0n) is 7.16. The lowest BCUT2D eigenvalue weighted by atomic mass is 9.87. The van der Waals surface area contributed by atoms with E-state index in [9.17, 15) is 13.6 Å². The Balaban J connectivity index is 4.12. The van der Waals surface area contributed by atoms with Gasteiger partial charge in [0, 0.05) is 18.3 Å². The first-order valence-electron chi connectivity index (χ1n) is 3.67. The molecule has 1 nitrogen and oxygen atoms in total. The van der Waals surface area contributed by atoms with Crippen LogP contribution in [0.15, 0.2) is 0 Å². The SMILES string of the molecule is CCC(F)(F)CC(C)(C)C=O. The molecule has 0 heterocycles. The second kappa shape index (κ2) is 3.28. The molecule has 0 amide bonds. The molecule has 0 aromatic rings. The highest BCUT2D eigenvalue weighted by Crippen LogP contribution is 2.32. The molecule has 0 rings (SSSR count). The molecule has 66 valence electrons. The first-order chi connectivity index (χ1) is 4.83. The van der Waals surface area contributed by atoms with Gasteiger partial charge in [-0.1, -0.05) is 20.8 Å². The Kier molecular flexibility index (Phi) is 3.14. The monoisotopic (exact) mass is 164 g/mol. The van der Waals surface area contributed by atoms with Crippen LogP contribution in [0.2, 0.25) is 0 Å². The summed E-state index contributed by atoms with van der Waals surface area (Å²) < 4.78 is 25.4. The van der Waals surface area contributed by atoms with E-state index in [1.165, 1.54) is 20.8 Å². The van der Waals surface area contributed by atoms with Gasteiger partial charge in [0.2, 0.25) is 5.92 Å². The van der Waals surface area contributed by atoms with Gasteiger partial charge in [-0.05, 0) is 0 Å². The van der Waals surface area contributed by atoms with Crippen molar-refractivity contribution in [1.29, 1.82) is 0 Å². The van der Waals surface area contributed by atoms with E-state index in [0.29, 0.717) is 6.29 Å². The van der Waals surface area contributed by atoms with Gasteiger partial charge in [-0.25, -0.2) is 8.78 Å². The third-order valence-corrected chi connectivity index (χ3v) is 1.55. The number of halogens is 2. The minimum absolute atomic E-state index is 0.204. The largest absolute Gasteiger partial charge is 0.303 e. The maximum Gasteiger partial charge on any atom is 0.248 e. The molecule has 0 bridgehead atoms. The highest BCUT2D eigenvalue weighted by molar-refractivity contribution is 5.57. The van der Waals surface area contributed by atoms with Crippen LogP contribution in [0.4, 0.5) is 8.78 Å². The Labute approximate surface area is 65.8 Å². The van der Waals surface area contributed by atoms with Crippen LogP contribution in [-0.2, 0) is 4.79 Å². The lowest BCUT2D eigenvalue weighted by Crippen LogP contribution is -2.26. The van der Waals surface area contributed by atoms with E-state index >= 15 is 0 Å². The third kappa shape index (κ3) is 4.06. The van der Waals surface area contributed by atoms with Crippen molar-refractivity contribution < 1.29 is 13.6 Å². The topological polar surface area (TPSA) is 17.1 Å². The summed E-state index contributed by atoms with van der Waals surface area (Å²) in [5.41, 5.74) is -0.903. The summed E-state index contributed by atoms with van der Waals surface area (Å²) in [6, 6.07) is 0. The molecular weight excluding hydrogens is 150 g/mol. The second-order valence-electron chi connectivity index (χ2n) is 3.49. The fourth-order valence-electron chi connectivity index (χ4n) is 0.833. The highest BCUT2D eigenvalue weighted by Gasteiger charge is 2.34. The summed E-state index contributed by atoms with van der Waals surface area (Å²) >= 11 is 0. The molecule has 0 radical (unpaired) electrons. The van der Waals surface area contributed by atoms with Crippen LogP contribution >= 0.6 is 0 Å². The summed E-state index contributed by atoms with van der Waals surface area (Å²) in [5, 5.41) is 0. The van der Waals surface area contributed by atoms with Crippen LogP contribution in [0.5, 0.6) is 0 Å². The minimum atomic E-state index is -2.70. The highest BCUT2D eigenvalue weighted by atomic mass is 19.3. The predicted molar refractivity (Wildman–Crippen MR) is 39.7 cm³/mol. The molecular formula is C8H14F2O. The second-order valence-corrected chi connectivity index (χ2v) is 3.49. The molecule has 0 saturated heterocycles. The van der Waals surface area contributed by atoms with Gasteiger partial charge in [-0.15, -0.1) is 0 Å². The lowest BCUT2D eigenvalue weighted by Gasteiger charge is -2.23. The molecule has 3 heteroatoms. The van der Waals surface area contributed by atoms with Crippen molar-refractivity contribution in [3.05, 3.63) is 0 Å². The van der Waals surface area contributed by atoms with Gasteiger partial charge in [0.15, 0.2) is 0 Å². The molecule has 0 aliphatic carbocycles. The van der Waals surface area contributed by atoms with Crippen molar-refractivity contribution in [1.82, 2.24) is 0 Å². The number of hydrogen-bond acceptors (Lipinski definition) is 1. The maximum absolute atomic E-state index is 12.7. The van der Waals surface area contributed by atoms with Crippen LogP contribution < -0.4 is 0 Å². The van der Waals surface area contributed by atoms with Crippen molar-refractivity contribution in [2.75, 3.05) is 0 Å². The number of hydrogen-bond donors (Lipinski definition) is 0. The van der Waals surface area contributed by atoms with E-state index in [2.05, 4.69) is 0 Å². The maximum atomic E-state index is 12.7. The molecule has 0 aromatic carbocycles. The van der Waals surface area contributed by atoms with Crippen molar-refractivity contribution in [2.45, 2.75) is 39.5 Å². The van der Waals surface area contributed by atoms with E-state index < -0.39 is 11.3 Å². The minimum Gasteiger partial charge on any atom is -0.303 e. The number of rotatable bonds is 4. The number of alkyl halides is 2. The van der Waals surface area contributed by atoms with E-state index in [1.54, 1.807) is 0 Å². The zero-order chi connectivity index (χ0) is 9.12. The van der Waals surface area contributed by atoms with Gasteiger partial charge in [0.1, 0.15) is 6.29 Å². The molecule has 0 aliphatic rings. The van der Waals surface area contributed by atoms with Gasteiger partial charge in [-0.3, -0.25) is 0 Å². The lowest BCUT2D eigenvalue weighted by molar-refractivity contribution is -0.120. The Bertz CT molecular complexity index is 141. The van der Waals surface area contributed by atoms with E-state index in [4.69, 9.17) is 0 Å². The van der Waals surface area contributed by atoms with Crippen LogP contribution in [0.25, 0.3) is 0 Å². The Morgan fingerprint density at radius 2 is 1.82 bits per heavy atom. The third-order valence-electron chi connectivity index (χ3n) is 1.55. The van der Waals surface area contributed by atoms with Gasteiger partial charge in [0.25, 0.3) is 0 Å². The van der Waals surface area contributed by atoms with E-state index in [0.717, 1.165) is 0 Å². The predicted octanol–water partition coefficient (Wildman–Crippen LogP) is 2.65. The molecule has 0 atom stereocenters. The quantitative estimate of drug-likeness (QED) is 0.584. The first-order valence-corrected chi connectivity index (χ1v) is 3.67. The van der Waals surface area contributed by atoms with Crippen molar-refractivity contribution in [3.8, 4) is 0 Å². The fourth-order valence-corrected chi connectivity index (χ4v) is 0.833. The van der Waals surface area contributed by atoms with Crippen molar-refractivity contribution in [2.24, 2.45) is 5.41 Å². The molecule has 0 unspecified atom stereocenters. The molecule has 0 aliphatic heterocycles. The molecule has 0 N–H and O–H groups in total. The van der Waals surface area contributed by atoms with Gasteiger partial charge >= 0.3 is 0 Å². The number of carbonyl (C=O) groups is 1. The first kappa shape index (κ1) is 10.5. The van der Waals surface area contributed by atoms with Crippen LogP contribution in [0.1, 0.15) is 33.6 Å². The van der Waals surface area contributed by atoms with Gasteiger partial charge < -0.3 is 4.79 Å². The average Bonchev–Trinajstić information content (AvgIpc) is 1.86. The van der Waals surface area contributed by atoms with Crippen LogP contribution in [0, 0.1) is 5.41 Å². The number of aldehydes is 1. The number of carbonyl (C=O) groups excluding carboxylic acids is 1. The summed E-state index contributed by atoms with van der Waals surface area (Å²) in [5.74, 6) is -2.70. The summed E-state index contributed by atoms with van der Waals surface area (Å²) in [4.78, 5) is 10.3. The Morgan fingerprint density at radius 1 is 1.36 bits per heavy atom. The van der Waals surface area contributed by atoms with Gasteiger partial charge in [0.05, 0.1) is 0 Å². The summed E-state index contributed by atoms with van der Waals surface area (Å²) in [6.45, 7) is 4.45. The molecule has 0 saturated carbocycles. The van der Waals surface area contributed by atoms with Crippen molar-refractivity contribution in [3.63, 3.8) is 0 Å². The van der Waals surface area contributed by atoms with Crippen molar-refractivity contribution >= 4 is 6.29 Å². The van der Waals surface area contributed by atoms with Gasteiger partial charge in [-0.2, -0.15) is 0 Å². The summed E-state index contributed by atoms with van der Waals surface area (Å²) in [6.07, 6.45) is 0.0147. The molecule has 11 heavy (non-hydrogen) atoms. The fraction of sp³-hybridized carbons (Fsp3) is 0.875. The molecule has 0 aromatic heterocycles. The molecule has 0 fully saturated rings. The molecule has 0 spiro atoms. The van der Waals surface area contributed by atoms with Crippen LogP contribution in [0.3, 0.4) is 0 Å². The smallest absolute Gasteiger partial charge is 0.248 e. The average molecular weight is 164 g/mol. The summed E-state index contributed by atoms with van der Waals surface area (Å²) in [7, 11) is 0.